The van der Waals surface area contributed by atoms with Crippen LogP contribution >= 0.6 is 0 Å². The molecule has 0 radical (unpaired) electrons. The lowest BCUT2D eigenvalue weighted by Gasteiger charge is -2.11. The van der Waals surface area contributed by atoms with E-state index in [-0.39, 0.29) is 0 Å². The maximum Gasteiger partial charge on any atom is 0.122 e. The minimum atomic E-state index is 0.597. The highest BCUT2D eigenvalue weighted by molar-refractivity contribution is 5.36. The molecule has 18 heavy (non-hydrogen) atoms. The van der Waals surface area contributed by atoms with Crippen LogP contribution in [0.2, 0.25) is 0 Å². The fraction of sp³-hybridized carbons (Fsp3) is 0.600. The van der Waals surface area contributed by atoms with E-state index < -0.39 is 0 Å². The van der Waals surface area contributed by atoms with Gasteiger partial charge >= 0.3 is 0 Å². The molecule has 0 aliphatic carbocycles. The number of hydrogen-bond donors (Lipinski definition) is 2. The first-order valence-corrected chi connectivity index (χ1v) is 6.80. The minimum Gasteiger partial charge on any atom is -0.494 e. The van der Waals surface area contributed by atoms with Crippen LogP contribution in [-0.2, 0) is 6.54 Å². The second-order valence-corrected chi connectivity index (χ2v) is 4.84. The first kappa shape index (κ1) is 15.0. The van der Waals surface area contributed by atoms with Crippen LogP contribution in [0.4, 0.5) is 0 Å². The normalized spacial score (nSPS) is 12.4. The Morgan fingerprint density at radius 2 is 2.17 bits per heavy atom. The predicted molar refractivity (Wildman–Crippen MR) is 76.9 cm³/mol. The minimum absolute atomic E-state index is 0.597. The maximum absolute atomic E-state index is 5.59. The van der Waals surface area contributed by atoms with Crippen LogP contribution < -0.4 is 15.8 Å². The highest BCUT2D eigenvalue weighted by Crippen LogP contribution is 2.18. The number of hydrogen-bond acceptors (Lipinski definition) is 3. The predicted octanol–water partition coefficient (Wildman–Crippen LogP) is 2.47. The monoisotopic (exact) mass is 250 g/mol. The molecule has 1 rings (SSSR count). The lowest BCUT2D eigenvalue weighted by atomic mass is 10.1. The summed E-state index contributed by atoms with van der Waals surface area (Å²) in [4.78, 5) is 0. The van der Waals surface area contributed by atoms with Gasteiger partial charge in [0.1, 0.15) is 5.75 Å². The van der Waals surface area contributed by atoms with Gasteiger partial charge in [-0.2, -0.15) is 0 Å². The molecule has 0 aliphatic rings. The molecule has 1 unspecified atom stereocenters. The van der Waals surface area contributed by atoms with Crippen LogP contribution in [0.15, 0.2) is 18.2 Å². The van der Waals surface area contributed by atoms with Gasteiger partial charge in [0, 0.05) is 6.54 Å². The molecule has 0 aromatic heterocycles. The molecule has 0 bridgehead atoms. The van der Waals surface area contributed by atoms with Gasteiger partial charge in [-0.25, -0.2) is 0 Å². The zero-order chi connectivity index (χ0) is 13.4. The van der Waals surface area contributed by atoms with Crippen LogP contribution in [0.1, 0.15) is 31.4 Å². The molecule has 0 spiro atoms. The molecule has 102 valence electrons. The summed E-state index contributed by atoms with van der Waals surface area (Å²) in [6, 6.07) is 6.36. The summed E-state index contributed by atoms with van der Waals surface area (Å²) in [5, 5.41) is 3.45. The van der Waals surface area contributed by atoms with Crippen molar-refractivity contribution in [1.82, 2.24) is 5.32 Å². The van der Waals surface area contributed by atoms with E-state index in [1.54, 1.807) is 0 Å². The van der Waals surface area contributed by atoms with Gasteiger partial charge in [-0.1, -0.05) is 19.1 Å². The van der Waals surface area contributed by atoms with Crippen molar-refractivity contribution >= 4 is 0 Å². The van der Waals surface area contributed by atoms with Crippen LogP contribution in [0, 0.1) is 12.8 Å². The molecule has 1 aromatic rings. The van der Waals surface area contributed by atoms with Gasteiger partial charge in [0.15, 0.2) is 0 Å². The Bertz CT molecular complexity index is 352. The van der Waals surface area contributed by atoms with Crippen molar-refractivity contribution in [3.05, 3.63) is 29.3 Å². The Kier molecular flexibility index (Phi) is 6.76. The number of rotatable bonds is 8. The van der Waals surface area contributed by atoms with Crippen molar-refractivity contribution in [1.29, 1.82) is 0 Å². The third-order valence-corrected chi connectivity index (χ3v) is 3.08. The van der Waals surface area contributed by atoms with E-state index in [0.29, 0.717) is 5.92 Å². The quantitative estimate of drug-likeness (QED) is 0.697. The van der Waals surface area contributed by atoms with E-state index in [1.165, 1.54) is 11.1 Å². The molecule has 1 aromatic carbocycles. The van der Waals surface area contributed by atoms with Crippen molar-refractivity contribution < 1.29 is 4.74 Å². The average Bonchev–Trinajstić information content (AvgIpc) is 2.37. The number of benzene rings is 1. The molecule has 1 atom stereocenters. The van der Waals surface area contributed by atoms with E-state index in [0.717, 1.165) is 38.4 Å². The summed E-state index contributed by atoms with van der Waals surface area (Å²) < 4.78 is 5.53. The fourth-order valence-electron chi connectivity index (χ4n) is 1.84. The summed E-state index contributed by atoms with van der Waals surface area (Å²) in [6.45, 7) is 9.69. The Labute approximate surface area is 111 Å². The summed E-state index contributed by atoms with van der Waals surface area (Å²) >= 11 is 0. The average molecular weight is 250 g/mol. The van der Waals surface area contributed by atoms with Gasteiger partial charge in [0.2, 0.25) is 0 Å². The SMILES string of the molecule is CCOc1ccc(CNCCC(C)CN)cc1C. The molecule has 3 heteroatoms. The zero-order valence-corrected chi connectivity index (χ0v) is 11.8. The van der Waals surface area contributed by atoms with E-state index in [1.807, 2.05) is 6.92 Å². The van der Waals surface area contributed by atoms with E-state index >= 15 is 0 Å². The van der Waals surface area contributed by atoms with E-state index in [2.05, 4.69) is 37.4 Å². The Morgan fingerprint density at radius 3 is 2.78 bits per heavy atom. The van der Waals surface area contributed by atoms with Crippen molar-refractivity contribution in [2.24, 2.45) is 11.7 Å². The third kappa shape index (κ3) is 5.07. The van der Waals surface area contributed by atoms with Crippen LogP contribution in [0.25, 0.3) is 0 Å². The van der Waals surface area contributed by atoms with Crippen molar-refractivity contribution in [3.63, 3.8) is 0 Å². The molecule has 3 nitrogen and oxygen atoms in total. The summed E-state index contributed by atoms with van der Waals surface area (Å²) in [6.07, 6.45) is 1.13. The van der Waals surface area contributed by atoms with Gasteiger partial charge in [-0.05, 0) is 56.5 Å². The van der Waals surface area contributed by atoms with Gasteiger partial charge in [0.25, 0.3) is 0 Å². The topological polar surface area (TPSA) is 47.3 Å². The van der Waals surface area contributed by atoms with E-state index in [4.69, 9.17) is 10.5 Å². The molecule has 0 aliphatic heterocycles. The number of ether oxygens (including phenoxy) is 1. The molecule has 0 amide bonds. The van der Waals surface area contributed by atoms with Crippen molar-refractivity contribution in [2.75, 3.05) is 19.7 Å². The molecule has 0 heterocycles. The number of nitrogens with two attached hydrogens (primary N) is 1. The van der Waals surface area contributed by atoms with Crippen molar-refractivity contribution in [3.8, 4) is 5.75 Å². The summed E-state index contributed by atoms with van der Waals surface area (Å²) in [7, 11) is 0. The Balaban J connectivity index is 2.37. The molecule has 0 saturated carbocycles. The Morgan fingerprint density at radius 1 is 1.39 bits per heavy atom. The highest BCUT2D eigenvalue weighted by atomic mass is 16.5. The lowest BCUT2D eigenvalue weighted by molar-refractivity contribution is 0.337. The number of aryl methyl sites for hydroxylation is 1. The number of nitrogens with one attached hydrogen (secondary N) is 1. The van der Waals surface area contributed by atoms with Crippen LogP contribution in [-0.4, -0.2) is 19.7 Å². The lowest BCUT2D eigenvalue weighted by Crippen LogP contribution is -2.20. The molecule has 0 fully saturated rings. The van der Waals surface area contributed by atoms with Crippen molar-refractivity contribution in [2.45, 2.75) is 33.7 Å². The second-order valence-electron chi connectivity index (χ2n) is 4.84. The maximum atomic E-state index is 5.59. The van der Waals surface area contributed by atoms with Crippen LogP contribution in [0.3, 0.4) is 0 Å². The summed E-state index contributed by atoms with van der Waals surface area (Å²) in [5.41, 5.74) is 8.09. The van der Waals surface area contributed by atoms with Gasteiger partial charge in [-0.15, -0.1) is 0 Å². The Hall–Kier alpha value is -1.06. The van der Waals surface area contributed by atoms with Crippen LogP contribution in [0.5, 0.6) is 5.75 Å². The fourth-order valence-corrected chi connectivity index (χ4v) is 1.84. The highest BCUT2D eigenvalue weighted by Gasteiger charge is 2.01. The van der Waals surface area contributed by atoms with Gasteiger partial charge < -0.3 is 15.8 Å². The largest absolute Gasteiger partial charge is 0.494 e. The second kappa shape index (κ2) is 8.11. The third-order valence-electron chi connectivity index (χ3n) is 3.08. The molecule has 3 N–H and O–H groups in total. The molecular weight excluding hydrogens is 224 g/mol. The smallest absolute Gasteiger partial charge is 0.122 e. The van der Waals surface area contributed by atoms with Gasteiger partial charge in [-0.3, -0.25) is 0 Å². The molecular formula is C15H26N2O. The molecule has 0 saturated heterocycles. The zero-order valence-electron chi connectivity index (χ0n) is 11.8. The first-order chi connectivity index (χ1) is 8.67. The first-order valence-electron chi connectivity index (χ1n) is 6.80. The van der Waals surface area contributed by atoms with E-state index in [9.17, 15) is 0 Å². The summed E-state index contributed by atoms with van der Waals surface area (Å²) in [5.74, 6) is 1.58. The van der Waals surface area contributed by atoms with Gasteiger partial charge in [0.05, 0.1) is 6.61 Å². The standard InChI is InChI=1S/C15H26N2O/c1-4-18-15-6-5-14(9-13(15)3)11-17-8-7-12(2)10-16/h5-6,9,12,17H,4,7-8,10-11,16H2,1-3H3.